The molecule has 7 aliphatic heterocycles. The van der Waals surface area contributed by atoms with E-state index in [2.05, 4.69) is 77.5 Å². The highest BCUT2D eigenvalue weighted by molar-refractivity contribution is 7.81. The van der Waals surface area contributed by atoms with Crippen LogP contribution in [-0.2, 0) is 58.5 Å². The molecular formula is C67H113N17O19S2. The summed E-state index contributed by atoms with van der Waals surface area (Å²) in [5.41, 5.74) is -1.23. The van der Waals surface area contributed by atoms with Crippen LogP contribution in [0.3, 0.4) is 0 Å². The van der Waals surface area contributed by atoms with Crippen molar-refractivity contribution in [3.05, 3.63) is 35.3 Å². The number of rotatable bonds is 28. The second-order valence-corrected chi connectivity index (χ2v) is 32.9. The summed E-state index contributed by atoms with van der Waals surface area (Å²) in [7, 11) is -9.83. The maximum absolute atomic E-state index is 12.8. The number of hydroxylamine groups is 6. The molecule has 105 heavy (non-hydrogen) atoms. The molecule has 0 spiro atoms. The Morgan fingerprint density at radius 1 is 0.562 bits per heavy atom. The van der Waals surface area contributed by atoms with Gasteiger partial charge in [0.05, 0.1) is 50.8 Å². The Balaban J connectivity index is 0.000000166. The lowest BCUT2D eigenvalue weighted by Crippen LogP contribution is -2.50. The quantitative estimate of drug-likeness (QED) is 0.0227. The topological polar surface area (TPSA) is 421 Å². The molecule has 0 unspecified atom stereocenters. The molecule has 9 fully saturated rings. The molecule has 36 nitrogen and oxygen atoms in total. The van der Waals surface area contributed by atoms with E-state index in [9.17, 15) is 50.6 Å². The summed E-state index contributed by atoms with van der Waals surface area (Å²) >= 11 is 0. The van der Waals surface area contributed by atoms with Gasteiger partial charge in [-0.2, -0.15) is 22.8 Å². The first kappa shape index (κ1) is 82.4. The van der Waals surface area contributed by atoms with Crippen molar-refractivity contribution in [2.45, 2.75) is 302 Å². The van der Waals surface area contributed by atoms with Crippen molar-refractivity contribution < 1.29 is 90.9 Å². The van der Waals surface area contributed by atoms with Crippen molar-refractivity contribution in [3.63, 3.8) is 0 Å². The fourth-order valence-electron chi connectivity index (χ4n) is 15.2. The van der Waals surface area contributed by atoms with E-state index in [0.717, 1.165) is 75.9 Å². The number of ether oxygens (including phenoxy) is 2. The molecule has 3 aromatic rings. The highest BCUT2D eigenvalue weighted by Crippen LogP contribution is 2.42. The first-order chi connectivity index (χ1) is 49.8. The molecule has 7 saturated heterocycles. The van der Waals surface area contributed by atoms with Gasteiger partial charge in [0.1, 0.15) is 42.4 Å². The number of hydrogen-bond donors (Lipinski definition) is 4. The van der Waals surface area contributed by atoms with Gasteiger partial charge in [0.2, 0.25) is 45.7 Å². The number of carbonyl (C=O) groups excluding carboxylic acids is 5. The van der Waals surface area contributed by atoms with Crippen LogP contribution >= 0.6 is 0 Å². The summed E-state index contributed by atoms with van der Waals surface area (Å²) in [4.78, 5) is 70.4. The van der Waals surface area contributed by atoms with Crippen LogP contribution in [0.15, 0.2) is 13.3 Å². The average Bonchev–Trinajstić information content (AvgIpc) is 1.64. The summed E-state index contributed by atoms with van der Waals surface area (Å²) in [5.74, 6) is 1.81. The smallest absolute Gasteiger partial charge is 0.418 e. The van der Waals surface area contributed by atoms with Gasteiger partial charge in [-0.25, -0.2) is 37.5 Å². The molecule has 3 aromatic heterocycles. The van der Waals surface area contributed by atoms with Crippen LogP contribution in [-0.4, -0.2) is 243 Å². The minimum absolute atomic E-state index is 0.0190. The zero-order valence-electron chi connectivity index (χ0n) is 62.8. The van der Waals surface area contributed by atoms with Gasteiger partial charge in [0, 0.05) is 44.3 Å². The Labute approximate surface area is 616 Å². The third-order valence-electron chi connectivity index (χ3n) is 20.6. The number of carbonyl (C=O) groups is 5. The fraction of sp³-hybridized carbons (Fsp3) is 0.836. The highest BCUT2D eigenvalue weighted by Gasteiger charge is 2.52. The number of fused-ring (bicyclic) bond motifs is 6. The van der Waals surface area contributed by atoms with Gasteiger partial charge in [0.15, 0.2) is 0 Å². The Kier molecular flexibility index (Phi) is 28.6. The Morgan fingerprint density at radius 3 is 1.32 bits per heavy atom. The lowest BCUT2D eigenvalue weighted by atomic mass is 10.0. The summed E-state index contributed by atoms with van der Waals surface area (Å²) in [6.45, 7) is 29.4. The Hall–Kier alpha value is -6.65. The van der Waals surface area contributed by atoms with Gasteiger partial charge in [0.25, 0.3) is 0 Å². The van der Waals surface area contributed by atoms with Gasteiger partial charge in [-0.05, 0) is 144 Å². The van der Waals surface area contributed by atoms with Crippen LogP contribution in [0.4, 0.5) is 24.0 Å². The maximum atomic E-state index is 12.8. The van der Waals surface area contributed by atoms with Gasteiger partial charge in [-0.1, -0.05) is 79.1 Å². The molecule has 12 rings (SSSR count). The molecular weight excluding hydrogens is 1410 g/mol. The van der Waals surface area contributed by atoms with Crippen molar-refractivity contribution in [1.29, 1.82) is 0 Å². The predicted octanol–water partition coefficient (Wildman–Crippen LogP) is 9.36. The zero-order valence-corrected chi connectivity index (χ0v) is 64.4. The molecule has 2 aliphatic carbocycles. The molecule has 7 atom stereocenters. The van der Waals surface area contributed by atoms with Gasteiger partial charge < -0.3 is 57.1 Å². The molecule has 9 aliphatic rings. The number of amides is 8. The third kappa shape index (κ3) is 22.7. The molecule has 592 valence electrons. The molecule has 38 heteroatoms. The summed E-state index contributed by atoms with van der Waals surface area (Å²) in [5, 5.41) is 43.0. The Morgan fingerprint density at radius 2 is 0.943 bits per heavy atom. The van der Waals surface area contributed by atoms with E-state index in [1.54, 1.807) is 35.5 Å². The lowest BCUT2D eigenvalue weighted by molar-refractivity contribution is -0.929. The summed E-state index contributed by atoms with van der Waals surface area (Å²) in [6, 6.07) is -3.89. The SMILES string of the molecule is CC(C)(C)OC(=O)N(Cc1nnc([C@@H]2CC[C@@H]3CN2C(=O)N3O)o1)C1CCCC1.CC(C)(C)OC(=O)N(Cc1nnc([C@@H]2CC[C@@H]3CN2C(=O)N3OS(=O)(=O)[O-])o1)C1CCCC1.CCCC[N+](CCCC)(CCCC)CCCC.O=C1N2C[C@@H](CC[C@H]2c2nnc(CN[C@@H]3CCNC3)o2)N1OS(=O)(=O)O. The van der Waals surface area contributed by atoms with Crippen molar-refractivity contribution in [2.75, 3.05) is 58.9 Å². The van der Waals surface area contributed by atoms with E-state index < -0.39 is 80.4 Å². The van der Waals surface area contributed by atoms with Gasteiger partial charge >= 0.3 is 40.7 Å². The largest absolute Gasteiger partial charge is 0.724 e. The normalized spacial score (nSPS) is 23.6. The second kappa shape index (κ2) is 36.5. The van der Waals surface area contributed by atoms with Crippen molar-refractivity contribution in [3.8, 4) is 0 Å². The second-order valence-electron chi connectivity index (χ2n) is 30.9. The predicted molar refractivity (Wildman–Crippen MR) is 373 cm³/mol. The van der Waals surface area contributed by atoms with Crippen LogP contribution in [0.5, 0.6) is 0 Å². The number of nitrogens with zero attached hydrogens (tertiary/aromatic N) is 15. The number of aromatic nitrogens is 6. The highest BCUT2D eigenvalue weighted by atomic mass is 32.3. The van der Waals surface area contributed by atoms with Crippen LogP contribution < -0.4 is 10.6 Å². The van der Waals surface area contributed by atoms with E-state index in [1.165, 1.54) is 91.8 Å². The van der Waals surface area contributed by atoms with E-state index in [0.29, 0.717) is 91.3 Å². The fourth-order valence-corrected chi connectivity index (χ4v) is 16.0. The summed E-state index contributed by atoms with van der Waals surface area (Å²) in [6.07, 6.45) is 22.2. The molecule has 8 amide bonds. The molecule has 6 bridgehead atoms. The average molecular weight is 1520 g/mol. The molecule has 2 saturated carbocycles. The minimum Gasteiger partial charge on any atom is -0.724 e. The van der Waals surface area contributed by atoms with Crippen LogP contribution in [0, 0.1) is 0 Å². The Bertz CT molecular complexity index is 3520. The number of quaternary nitrogens is 1. The molecule has 0 aromatic carbocycles. The van der Waals surface area contributed by atoms with Crippen molar-refractivity contribution in [2.24, 2.45) is 0 Å². The monoisotopic (exact) mass is 1520 g/mol. The zero-order chi connectivity index (χ0) is 76.0. The molecule has 4 N–H and O–H groups in total. The summed E-state index contributed by atoms with van der Waals surface area (Å²) < 4.78 is 102. The maximum Gasteiger partial charge on any atom is 0.418 e. The van der Waals surface area contributed by atoms with Crippen LogP contribution in [0.25, 0.3) is 0 Å². The van der Waals surface area contributed by atoms with E-state index in [1.807, 2.05) is 20.8 Å². The lowest BCUT2D eigenvalue weighted by Gasteiger charge is -2.39. The number of unbranched alkanes of at least 4 members (excludes halogenated alkanes) is 4. The first-order valence-electron chi connectivity index (χ1n) is 37.8. The number of nitrogens with one attached hydrogen (secondary N) is 2. The van der Waals surface area contributed by atoms with Gasteiger partial charge in [-0.3, -0.25) is 19.6 Å². The van der Waals surface area contributed by atoms with Crippen LogP contribution in [0.2, 0.25) is 0 Å². The standard InChI is InChI=1S/C19H29N5O8S.C19H29N5O5.C16H36N.C13H20N6O6S/c1-19(2,3)31-18(26)22(12-6-4-5-7-12)11-15-20-21-16(30-15)14-9-8-13-10-23(14)17(25)24(13)32-33(27,28)29;1-19(2,3)29-18(26)22(12-6-4-5-7-12)11-15-20-21-16(28-15)14-9-8-13-10-23(14)17(25)24(13)27;1-5-9-13-17(14-10-6-2,15-11-7-3)16-12-8-4;20-13-18-7-9(19(13)25-26(21,22)23)1-2-10(18)12-17-16-11(24-12)6-15-8-3-4-14-5-8/h12-14H,4-11H2,1-3H3,(H,27,28,29);12-14,27H,4-11H2,1-3H3;5-16H2,1-4H3;8-10,14-15H,1-7H2,(H,21,22,23)/q;;+1;/p-1/t2*13-,14+;;8-,9-,10+/m11.1/s1. The van der Waals surface area contributed by atoms with E-state index in [4.69, 9.17) is 27.3 Å². The van der Waals surface area contributed by atoms with E-state index >= 15 is 0 Å². The first-order valence-corrected chi connectivity index (χ1v) is 40.5. The number of hydrogen-bond acceptors (Lipinski definition) is 26. The van der Waals surface area contributed by atoms with E-state index in [-0.39, 0.29) is 68.2 Å². The number of urea groups is 3. The molecule has 10 heterocycles. The number of piperidine rings is 3. The van der Waals surface area contributed by atoms with Crippen LogP contribution in [0.1, 0.15) is 270 Å². The molecule has 0 radical (unpaired) electrons. The van der Waals surface area contributed by atoms with Gasteiger partial charge in [-0.15, -0.1) is 34.9 Å². The minimum atomic E-state index is -5.07. The third-order valence-corrected chi connectivity index (χ3v) is 21.3. The van der Waals surface area contributed by atoms with Crippen molar-refractivity contribution in [1.82, 2.24) is 80.9 Å². The van der Waals surface area contributed by atoms with Crippen molar-refractivity contribution >= 4 is 51.1 Å².